The second kappa shape index (κ2) is 5.30. The van der Waals surface area contributed by atoms with Crippen LogP contribution < -0.4 is 5.73 Å². The monoisotopic (exact) mass is 281 g/mol. The molecular weight excluding hydrogens is 261 g/mol. The van der Waals surface area contributed by atoms with Crippen LogP contribution in [0.1, 0.15) is 0 Å². The molecule has 2 N–H and O–H groups in total. The standard InChI is InChI=1S/C13H20FN3OSi/c1-19(2,3)5-4-18-9-17-13-7-12(15)11(14)6-10(13)8-16-17/h6-8H,4-5,9,15H2,1-3H3. The number of aromatic nitrogens is 2. The van der Waals surface area contributed by atoms with E-state index < -0.39 is 13.9 Å². The molecule has 0 spiro atoms. The average molecular weight is 281 g/mol. The van der Waals surface area contributed by atoms with Gasteiger partial charge in [-0.1, -0.05) is 19.6 Å². The number of fused-ring (bicyclic) bond motifs is 1. The number of benzene rings is 1. The lowest BCUT2D eigenvalue weighted by molar-refractivity contribution is 0.0817. The van der Waals surface area contributed by atoms with Gasteiger partial charge in [-0.2, -0.15) is 5.10 Å². The van der Waals surface area contributed by atoms with Crippen LogP contribution in [0, 0.1) is 5.82 Å². The summed E-state index contributed by atoms with van der Waals surface area (Å²) in [7, 11) is -1.07. The van der Waals surface area contributed by atoms with E-state index in [0.29, 0.717) is 6.73 Å². The number of nitrogens with zero attached hydrogens (tertiary/aromatic N) is 2. The van der Waals surface area contributed by atoms with Crippen LogP contribution in [0.4, 0.5) is 10.1 Å². The Morgan fingerprint density at radius 2 is 2.11 bits per heavy atom. The first-order valence-electron chi connectivity index (χ1n) is 6.35. The lowest BCUT2D eigenvalue weighted by Crippen LogP contribution is -2.22. The maximum atomic E-state index is 13.3. The largest absolute Gasteiger partial charge is 0.396 e. The van der Waals surface area contributed by atoms with Gasteiger partial charge < -0.3 is 10.5 Å². The molecule has 1 heterocycles. The van der Waals surface area contributed by atoms with Gasteiger partial charge in [-0.15, -0.1) is 0 Å². The lowest BCUT2D eigenvalue weighted by Gasteiger charge is -2.15. The molecule has 0 fully saturated rings. The summed E-state index contributed by atoms with van der Waals surface area (Å²) in [5.74, 6) is -0.410. The van der Waals surface area contributed by atoms with E-state index in [1.165, 1.54) is 6.07 Å². The van der Waals surface area contributed by atoms with Crippen molar-refractivity contribution in [3.63, 3.8) is 0 Å². The third-order valence-electron chi connectivity index (χ3n) is 2.97. The molecule has 0 saturated heterocycles. The molecule has 19 heavy (non-hydrogen) atoms. The lowest BCUT2D eigenvalue weighted by atomic mass is 10.2. The van der Waals surface area contributed by atoms with Gasteiger partial charge in [0.05, 0.1) is 17.4 Å². The van der Waals surface area contributed by atoms with E-state index in [-0.39, 0.29) is 5.69 Å². The molecule has 0 radical (unpaired) electrons. The van der Waals surface area contributed by atoms with Crippen LogP contribution in [-0.2, 0) is 11.5 Å². The first-order valence-corrected chi connectivity index (χ1v) is 10.1. The third kappa shape index (κ3) is 3.54. The Kier molecular flexibility index (Phi) is 3.91. The molecule has 0 aliphatic carbocycles. The van der Waals surface area contributed by atoms with Gasteiger partial charge in [0.15, 0.2) is 0 Å². The zero-order valence-corrected chi connectivity index (χ0v) is 12.6. The molecule has 0 aliphatic rings. The van der Waals surface area contributed by atoms with E-state index in [1.807, 2.05) is 0 Å². The van der Waals surface area contributed by atoms with Crippen molar-refractivity contribution in [1.29, 1.82) is 0 Å². The molecule has 0 bridgehead atoms. The summed E-state index contributed by atoms with van der Waals surface area (Å²) < 4.78 is 20.6. The van der Waals surface area contributed by atoms with Crippen molar-refractivity contribution in [1.82, 2.24) is 9.78 Å². The molecule has 0 atom stereocenters. The fourth-order valence-corrected chi connectivity index (χ4v) is 2.50. The highest BCUT2D eigenvalue weighted by Crippen LogP contribution is 2.20. The third-order valence-corrected chi connectivity index (χ3v) is 4.67. The quantitative estimate of drug-likeness (QED) is 0.520. The number of anilines is 1. The molecule has 6 heteroatoms. The van der Waals surface area contributed by atoms with Crippen LogP contribution in [0.15, 0.2) is 18.3 Å². The Labute approximate surface area is 113 Å². The molecule has 0 aliphatic heterocycles. The Hall–Kier alpha value is -1.40. The maximum absolute atomic E-state index is 13.3. The van der Waals surface area contributed by atoms with E-state index in [0.717, 1.165) is 23.6 Å². The molecular formula is C13H20FN3OSi. The van der Waals surface area contributed by atoms with Crippen LogP contribution in [0.5, 0.6) is 0 Å². The van der Waals surface area contributed by atoms with E-state index in [1.54, 1.807) is 16.9 Å². The SMILES string of the molecule is C[Si](C)(C)CCOCn1ncc2cc(F)c(N)cc21. The highest BCUT2D eigenvalue weighted by Gasteiger charge is 2.12. The van der Waals surface area contributed by atoms with Gasteiger partial charge in [0, 0.05) is 20.1 Å². The molecule has 1 aromatic carbocycles. The summed E-state index contributed by atoms with van der Waals surface area (Å²) >= 11 is 0. The second-order valence-electron chi connectivity index (χ2n) is 5.92. The number of hydrogen-bond donors (Lipinski definition) is 1. The highest BCUT2D eigenvalue weighted by molar-refractivity contribution is 6.76. The van der Waals surface area contributed by atoms with E-state index in [4.69, 9.17) is 10.5 Å². The minimum Gasteiger partial charge on any atom is -0.396 e. The smallest absolute Gasteiger partial charge is 0.146 e. The molecule has 0 saturated carbocycles. The fraction of sp³-hybridized carbons (Fsp3) is 0.462. The zero-order valence-electron chi connectivity index (χ0n) is 11.6. The summed E-state index contributed by atoms with van der Waals surface area (Å²) in [6, 6.07) is 4.11. The first-order chi connectivity index (χ1) is 8.87. The van der Waals surface area contributed by atoms with Crippen LogP contribution in [0.2, 0.25) is 25.7 Å². The minimum atomic E-state index is -1.07. The molecule has 1 aromatic heterocycles. The Morgan fingerprint density at radius 1 is 1.37 bits per heavy atom. The maximum Gasteiger partial charge on any atom is 0.146 e. The first kappa shape index (κ1) is 14.0. The van der Waals surface area contributed by atoms with Crippen molar-refractivity contribution in [2.24, 2.45) is 0 Å². The van der Waals surface area contributed by atoms with Crippen LogP contribution in [0.25, 0.3) is 10.9 Å². The van der Waals surface area contributed by atoms with Gasteiger partial charge in [-0.3, -0.25) is 0 Å². The van der Waals surface area contributed by atoms with Crippen molar-refractivity contribution in [3.05, 3.63) is 24.1 Å². The summed E-state index contributed by atoms with van der Waals surface area (Å²) in [6.45, 7) is 8.03. The van der Waals surface area contributed by atoms with Gasteiger partial charge in [-0.05, 0) is 18.2 Å². The predicted octanol–water partition coefficient (Wildman–Crippen LogP) is 3.07. The molecule has 2 aromatic rings. The summed E-state index contributed by atoms with van der Waals surface area (Å²) in [5.41, 5.74) is 6.51. The van der Waals surface area contributed by atoms with Crippen molar-refractivity contribution in [2.75, 3.05) is 12.3 Å². The molecule has 0 unspecified atom stereocenters. The molecule has 2 rings (SSSR count). The molecule has 0 amide bonds. The zero-order chi connectivity index (χ0) is 14.0. The normalized spacial score (nSPS) is 12.2. The van der Waals surface area contributed by atoms with Crippen LogP contribution in [-0.4, -0.2) is 24.5 Å². The Morgan fingerprint density at radius 3 is 2.79 bits per heavy atom. The number of ether oxygens (including phenoxy) is 1. The summed E-state index contributed by atoms with van der Waals surface area (Å²) in [4.78, 5) is 0. The van der Waals surface area contributed by atoms with E-state index in [9.17, 15) is 4.39 Å². The topological polar surface area (TPSA) is 53.1 Å². The van der Waals surface area contributed by atoms with Crippen molar-refractivity contribution in [3.8, 4) is 0 Å². The van der Waals surface area contributed by atoms with Crippen LogP contribution >= 0.6 is 0 Å². The van der Waals surface area contributed by atoms with Crippen molar-refractivity contribution >= 4 is 24.7 Å². The molecule has 4 nitrogen and oxygen atoms in total. The predicted molar refractivity (Wildman–Crippen MR) is 78.2 cm³/mol. The number of halogens is 1. The van der Waals surface area contributed by atoms with E-state index >= 15 is 0 Å². The number of rotatable bonds is 5. The van der Waals surface area contributed by atoms with Gasteiger partial charge in [0.25, 0.3) is 0 Å². The Bertz CT molecular complexity index is 577. The highest BCUT2D eigenvalue weighted by atomic mass is 28.3. The second-order valence-corrected chi connectivity index (χ2v) is 11.5. The van der Waals surface area contributed by atoms with Crippen molar-refractivity contribution < 1.29 is 9.13 Å². The molecule has 104 valence electrons. The fourth-order valence-electron chi connectivity index (χ4n) is 1.75. The summed E-state index contributed by atoms with van der Waals surface area (Å²) in [5, 5.41) is 4.93. The Balaban J connectivity index is 2.03. The average Bonchev–Trinajstić information content (AvgIpc) is 2.67. The van der Waals surface area contributed by atoms with E-state index in [2.05, 4.69) is 24.7 Å². The van der Waals surface area contributed by atoms with Crippen LogP contribution in [0.3, 0.4) is 0 Å². The van der Waals surface area contributed by atoms with Crippen molar-refractivity contribution in [2.45, 2.75) is 32.4 Å². The minimum absolute atomic E-state index is 0.136. The number of nitrogens with two attached hydrogens (primary N) is 1. The summed E-state index contributed by atoms with van der Waals surface area (Å²) in [6.07, 6.45) is 1.62. The number of hydrogen-bond acceptors (Lipinski definition) is 3. The van der Waals surface area contributed by atoms with Gasteiger partial charge >= 0.3 is 0 Å². The van der Waals surface area contributed by atoms with Gasteiger partial charge in [0.2, 0.25) is 0 Å². The van der Waals surface area contributed by atoms with Gasteiger partial charge in [0.1, 0.15) is 12.5 Å². The number of nitrogen functional groups attached to an aromatic ring is 1. The van der Waals surface area contributed by atoms with Gasteiger partial charge in [-0.25, -0.2) is 9.07 Å².